The third-order valence-corrected chi connectivity index (χ3v) is 2.95. The number of hydrogen-bond acceptors (Lipinski definition) is 2. The Balaban J connectivity index is 2.35. The molecule has 2 N–H and O–H groups in total. The molecule has 0 bridgehead atoms. The van der Waals surface area contributed by atoms with Gasteiger partial charge in [0.15, 0.2) is 0 Å². The molecule has 0 atom stereocenters. The van der Waals surface area contributed by atoms with Crippen molar-refractivity contribution < 1.29 is 17.6 Å². The molecule has 0 heterocycles. The topological polar surface area (TPSA) is 24.1 Å². The molecule has 0 radical (unpaired) electrons. The van der Waals surface area contributed by atoms with Gasteiger partial charge < -0.3 is 10.6 Å². The van der Waals surface area contributed by atoms with Crippen LogP contribution in [0.5, 0.6) is 0 Å². The van der Waals surface area contributed by atoms with Gasteiger partial charge >= 0.3 is 6.18 Å². The highest BCUT2D eigenvalue weighted by Crippen LogP contribution is 2.30. The van der Waals surface area contributed by atoms with Gasteiger partial charge in [-0.2, -0.15) is 13.2 Å². The first kappa shape index (κ1) is 17.9. The molecule has 2 nitrogen and oxygen atoms in total. The van der Waals surface area contributed by atoms with Crippen LogP contribution in [0.2, 0.25) is 0 Å². The first-order valence-electron chi connectivity index (χ1n) is 7.07. The van der Waals surface area contributed by atoms with Gasteiger partial charge in [0.05, 0.1) is 5.56 Å². The Morgan fingerprint density at radius 3 is 2.38 bits per heavy atom. The lowest BCUT2D eigenvalue weighted by Gasteiger charge is -2.11. The van der Waals surface area contributed by atoms with E-state index < -0.39 is 17.6 Å². The van der Waals surface area contributed by atoms with Crippen molar-refractivity contribution in [1.82, 2.24) is 10.6 Å². The van der Waals surface area contributed by atoms with E-state index in [0.717, 1.165) is 37.7 Å². The van der Waals surface area contributed by atoms with E-state index in [4.69, 9.17) is 0 Å². The molecule has 0 saturated heterocycles. The normalized spacial score (nSPS) is 12.1. The summed E-state index contributed by atoms with van der Waals surface area (Å²) >= 11 is 0. The van der Waals surface area contributed by atoms with Crippen molar-refractivity contribution in [3.8, 4) is 0 Å². The van der Waals surface area contributed by atoms with Crippen molar-refractivity contribution in [3.05, 3.63) is 35.1 Å². The Labute approximate surface area is 122 Å². The highest BCUT2D eigenvalue weighted by molar-refractivity contribution is 5.27. The molecular weight excluding hydrogens is 284 g/mol. The van der Waals surface area contributed by atoms with Gasteiger partial charge in [0, 0.05) is 12.1 Å². The lowest BCUT2D eigenvalue weighted by molar-refractivity contribution is -0.137. The van der Waals surface area contributed by atoms with Crippen molar-refractivity contribution >= 4 is 0 Å². The van der Waals surface area contributed by atoms with Crippen molar-refractivity contribution in [1.29, 1.82) is 0 Å². The zero-order chi connectivity index (χ0) is 15.9. The first-order chi connectivity index (χ1) is 9.80. The molecule has 6 heteroatoms. The third kappa shape index (κ3) is 6.91. The number of hydrogen-bond donors (Lipinski definition) is 2. The fourth-order valence-electron chi connectivity index (χ4n) is 1.84. The second-order valence-corrected chi connectivity index (χ2v) is 5.43. The minimum Gasteiger partial charge on any atom is -0.316 e. The zero-order valence-electron chi connectivity index (χ0n) is 12.4. The molecule has 0 spiro atoms. The first-order valence-corrected chi connectivity index (χ1v) is 7.07. The van der Waals surface area contributed by atoms with Crippen LogP contribution in [0.1, 0.15) is 31.4 Å². The monoisotopic (exact) mass is 306 g/mol. The molecule has 0 unspecified atom stereocenters. The van der Waals surface area contributed by atoms with E-state index in [-0.39, 0.29) is 12.1 Å². The van der Waals surface area contributed by atoms with E-state index in [9.17, 15) is 17.6 Å². The molecule has 1 aromatic carbocycles. The molecule has 0 fully saturated rings. The molecule has 1 rings (SSSR count). The van der Waals surface area contributed by atoms with Crippen LogP contribution in [0, 0.1) is 11.7 Å². The van der Waals surface area contributed by atoms with Gasteiger partial charge in [0.2, 0.25) is 0 Å². The van der Waals surface area contributed by atoms with E-state index in [1.807, 2.05) is 0 Å². The Kier molecular flexibility index (Phi) is 7.11. The second kappa shape index (κ2) is 8.34. The summed E-state index contributed by atoms with van der Waals surface area (Å²) in [5.41, 5.74) is -0.778. The average Bonchev–Trinajstić information content (AvgIpc) is 2.37. The predicted octanol–water partition coefficient (Wildman–Crippen LogP) is 3.57. The maximum absolute atomic E-state index is 13.5. The lowest BCUT2D eigenvalue weighted by Crippen LogP contribution is -2.24. The van der Waals surface area contributed by atoms with E-state index >= 15 is 0 Å². The number of halogens is 4. The van der Waals surface area contributed by atoms with Crippen LogP contribution in [0.4, 0.5) is 17.6 Å². The molecule has 0 amide bonds. The van der Waals surface area contributed by atoms with Crippen molar-refractivity contribution in [2.24, 2.45) is 5.92 Å². The number of nitrogens with one attached hydrogen (secondary N) is 2. The Bertz CT molecular complexity index is 430. The summed E-state index contributed by atoms with van der Waals surface area (Å²) < 4.78 is 51.1. The fourth-order valence-corrected chi connectivity index (χ4v) is 1.84. The van der Waals surface area contributed by atoms with Crippen molar-refractivity contribution in [2.75, 3.05) is 19.6 Å². The van der Waals surface area contributed by atoms with Crippen LogP contribution in [-0.4, -0.2) is 19.6 Å². The summed E-state index contributed by atoms with van der Waals surface area (Å²) in [7, 11) is 0. The van der Waals surface area contributed by atoms with Crippen LogP contribution in [0.3, 0.4) is 0 Å². The van der Waals surface area contributed by atoms with Crippen LogP contribution >= 0.6 is 0 Å². The van der Waals surface area contributed by atoms with E-state index in [1.54, 1.807) is 0 Å². The van der Waals surface area contributed by atoms with Gasteiger partial charge in [0.25, 0.3) is 0 Å². The van der Waals surface area contributed by atoms with Gasteiger partial charge in [-0.05, 0) is 50.2 Å². The fraction of sp³-hybridized carbons (Fsp3) is 0.600. The number of benzene rings is 1. The third-order valence-electron chi connectivity index (χ3n) is 2.95. The molecule has 0 aliphatic carbocycles. The molecule has 0 aliphatic rings. The van der Waals surface area contributed by atoms with Crippen LogP contribution in [0.15, 0.2) is 18.2 Å². The zero-order valence-corrected chi connectivity index (χ0v) is 12.4. The average molecular weight is 306 g/mol. The van der Waals surface area contributed by atoms with Crippen LogP contribution in [-0.2, 0) is 12.7 Å². The van der Waals surface area contributed by atoms with Gasteiger partial charge in [-0.1, -0.05) is 13.8 Å². The van der Waals surface area contributed by atoms with E-state index in [1.165, 1.54) is 0 Å². The molecule has 1 aromatic rings. The number of alkyl halides is 3. The standard InChI is InChI=1S/C15H22F4N2/c1-11(2)9-20-6-3-7-21-10-12-8-13(15(17,18)19)4-5-14(12)16/h4-5,8,11,20-21H,3,6-7,9-10H2,1-2H3. The summed E-state index contributed by atoms with van der Waals surface area (Å²) in [6, 6.07) is 2.48. The maximum Gasteiger partial charge on any atom is 0.416 e. The summed E-state index contributed by atoms with van der Waals surface area (Å²) in [5.74, 6) is -0.0365. The summed E-state index contributed by atoms with van der Waals surface area (Å²) in [6.07, 6.45) is -3.60. The van der Waals surface area contributed by atoms with Gasteiger partial charge in [-0.25, -0.2) is 4.39 Å². The Morgan fingerprint density at radius 2 is 1.76 bits per heavy atom. The summed E-state index contributed by atoms with van der Waals surface area (Å²) in [6.45, 7) is 6.71. The molecular formula is C15H22F4N2. The van der Waals surface area contributed by atoms with E-state index in [2.05, 4.69) is 24.5 Å². The minimum absolute atomic E-state index is 0.0416. The smallest absolute Gasteiger partial charge is 0.316 e. The Morgan fingerprint density at radius 1 is 1.10 bits per heavy atom. The second-order valence-electron chi connectivity index (χ2n) is 5.43. The lowest BCUT2D eigenvalue weighted by atomic mass is 10.1. The number of rotatable bonds is 8. The molecule has 0 aromatic heterocycles. The predicted molar refractivity (Wildman–Crippen MR) is 75.4 cm³/mol. The molecule has 21 heavy (non-hydrogen) atoms. The maximum atomic E-state index is 13.5. The highest BCUT2D eigenvalue weighted by atomic mass is 19.4. The SMILES string of the molecule is CC(C)CNCCCNCc1cc(C(F)(F)F)ccc1F. The van der Waals surface area contributed by atoms with Crippen molar-refractivity contribution in [3.63, 3.8) is 0 Å². The van der Waals surface area contributed by atoms with Crippen molar-refractivity contribution in [2.45, 2.75) is 33.0 Å². The van der Waals surface area contributed by atoms with Gasteiger partial charge in [-0.3, -0.25) is 0 Å². The largest absolute Gasteiger partial charge is 0.416 e. The van der Waals surface area contributed by atoms with Gasteiger partial charge in [0.1, 0.15) is 5.82 Å². The van der Waals surface area contributed by atoms with Gasteiger partial charge in [-0.15, -0.1) is 0 Å². The minimum atomic E-state index is -4.44. The summed E-state index contributed by atoms with van der Waals surface area (Å²) in [5, 5.41) is 6.22. The molecule has 0 aliphatic heterocycles. The van der Waals surface area contributed by atoms with E-state index in [0.29, 0.717) is 12.5 Å². The van der Waals surface area contributed by atoms with Crippen LogP contribution in [0.25, 0.3) is 0 Å². The Hall–Kier alpha value is -1.14. The quantitative estimate of drug-likeness (QED) is 0.567. The highest BCUT2D eigenvalue weighted by Gasteiger charge is 2.30. The summed E-state index contributed by atoms with van der Waals surface area (Å²) in [4.78, 5) is 0. The molecule has 0 saturated carbocycles. The van der Waals surface area contributed by atoms with Crippen LogP contribution < -0.4 is 10.6 Å². The molecule has 120 valence electrons.